The maximum Gasteiger partial charge on any atom is 0.282 e. The highest BCUT2D eigenvalue weighted by molar-refractivity contribution is 6.33. The van der Waals surface area contributed by atoms with E-state index in [1.807, 2.05) is 31.2 Å². The Morgan fingerprint density at radius 1 is 1.11 bits per heavy atom. The van der Waals surface area contributed by atoms with Gasteiger partial charge in [-0.2, -0.15) is 0 Å². The summed E-state index contributed by atoms with van der Waals surface area (Å²) in [6, 6.07) is 13.4. The van der Waals surface area contributed by atoms with Crippen LogP contribution in [0.2, 0.25) is 5.02 Å². The molecule has 7 heteroatoms. The Bertz CT molecular complexity index is 853. The van der Waals surface area contributed by atoms with E-state index in [-0.39, 0.29) is 11.9 Å². The van der Waals surface area contributed by atoms with Crippen LogP contribution in [0.4, 0.5) is 5.69 Å². The first-order valence-electron chi connectivity index (χ1n) is 9.72. The van der Waals surface area contributed by atoms with E-state index in [1.165, 1.54) is 15.4 Å². The molecule has 148 valence electrons. The van der Waals surface area contributed by atoms with Crippen LogP contribution in [0.15, 0.2) is 42.5 Å². The van der Waals surface area contributed by atoms with Crippen molar-refractivity contribution in [2.75, 3.05) is 38.3 Å². The summed E-state index contributed by atoms with van der Waals surface area (Å²) in [5.41, 5.74) is 1.93. The van der Waals surface area contributed by atoms with E-state index in [9.17, 15) is 4.79 Å². The Labute approximate surface area is 170 Å². The predicted octanol–water partition coefficient (Wildman–Crippen LogP) is 0.379. The SMILES string of the molecule is C[C@H](C(=O)Nc1ccccc1Cl)[NH+]1CC[NH+](Cc2ccc3c(c2)OCO3)CC1. The Morgan fingerprint density at radius 2 is 1.86 bits per heavy atom. The van der Waals surface area contributed by atoms with Crippen LogP contribution in [0.5, 0.6) is 11.5 Å². The lowest BCUT2D eigenvalue weighted by Gasteiger charge is -2.32. The minimum Gasteiger partial charge on any atom is -0.454 e. The molecule has 0 radical (unpaired) electrons. The highest BCUT2D eigenvalue weighted by atomic mass is 35.5. The molecule has 4 rings (SSSR count). The number of piperazine rings is 1. The molecule has 0 aromatic heterocycles. The first kappa shape index (κ1) is 19.1. The van der Waals surface area contributed by atoms with E-state index in [2.05, 4.69) is 17.4 Å². The summed E-state index contributed by atoms with van der Waals surface area (Å²) in [5, 5.41) is 3.52. The number of halogens is 1. The Morgan fingerprint density at radius 3 is 2.64 bits per heavy atom. The fourth-order valence-corrected chi connectivity index (χ4v) is 4.05. The Kier molecular flexibility index (Phi) is 5.71. The van der Waals surface area contributed by atoms with Crippen molar-refractivity contribution in [3.8, 4) is 11.5 Å². The number of hydrogen-bond donors (Lipinski definition) is 3. The molecule has 3 N–H and O–H groups in total. The first-order valence-corrected chi connectivity index (χ1v) is 10.1. The molecule has 2 heterocycles. The van der Waals surface area contributed by atoms with E-state index >= 15 is 0 Å². The summed E-state index contributed by atoms with van der Waals surface area (Å²) in [6.07, 6.45) is 0. The number of nitrogens with one attached hydrogen (secondary N) is 3. The molecule has 1 fully saturated rings. The van der Waals surface area contributed by atoms with Crippen molar-refractivity contribution in [1.29, 1.82) is 0 Å². The Balaban J connectivity index is 1.28. The number of benzene rings is 2. The number of hydrogen-bond acceptors (Lipinski definition) is 3. The van der Waals surface area contributed by atoms with Gasteiger partial charge >= 0.3 is 0 Å². The molecule has 0 unspecified atom stereocenters. The molecule has 2 aromatic carbocycles. The van der Waals surface area contributed by atoms with Crippen LogP contribution >= 0.6 is 11.6 Å². The van der Waals surface area contributed by atoms with Gasteiger partial charge in [0.15, 0.2) is 17.5 Å². The molecule has 1 atom stereocenters. The quantitative estimate of drug-likeness (QED) is 0.676. The van der Waals surface area contributed by atoms with Crippen LogP contribution in [0.3, 0.4) is 0 Å². The van der Waals surface area contributed by atoms with E-state index in [0.29, 0.717) is 17.5 Å². The van der Waals surface area contributed by atoms with E-state index in [0.717, 1.165) is 44.2 Å². The van der Waals surface area contributed by atoms with Crippen LogP contribution in [0.25, 0.3) is 0 Å². The number of quaternary nitrogens is 2. The summed E-state index contributed by atoms with van der Waals surface area (Å²) in [7, 11) is 0. The second-order valence-corrected chi connectivity index (χ2v) is 7.87. The van der Waals surface area contributed by atoms with Gasteiger partial charge in [0, 0.05) is 5.56 Å². The summed E-state index contributed by atoms with van der Waals surface area (Å²) in [6.45, 7) is 7.27. The number of amides is 1. The molecule has 2 aliphatic rings. The molecule has 2 aliphatic heterocycles. The molecule has 6 nitrogen and oxygen atoms in total. The van der Waals surface area contributed by atoms with Crippen molar-refractivity contribution in [3.63, 3.8) is 0 Å². The molecule has 1 saturated heterocycles. The molecular formula is C21H26ClN3O3+2. The van der Waals surface area contributed by atoms with Crippen molar-refractivity contribution in [2.24, 2.45) is 0 Å². The largest absolute Gasteiger partial charge is 0.454 e. The van der Waals surface area contributed by atoms with Gasteiger partial charge in [-0.15, -0.1) is 0 Å². The number of ether oxygens (including phenoxy) is 2. The normalized spacial score (nSPS) is 21.9. The van der Waals surface area contributed by atoms with Crippen molar-refractivity contribution >= 4 is 23.2 Å². The Hall–Kier alpha value is -2.28. The van der Waals surface area contributed by atoms with Gasteiger partial charge in [-0.1, -0.05) is 23.7 Å². The average Bonchev–Trinajstić information content (AvgIpc) is 3.17. The maximum absolute atomic E-state index is 12.6. The zero-order valence-electron chi connectivity index (χ0n) is 16.0. The van der Waals surface area contributed by atoms with Gasteiger partial charge < -0.3 is 24.6 Å². The smallest absolute Gasteiger partial charge is 0.282 e. The van der Waals surface area contributed by atoms with E-state index in [4.69, 9.17) is 21.1 Å². The second kappa shape index (κ2) is 8.39. The van der Waals surface area contributed by atoms with Crippen LogP contribution < -0.4 is 24.6 Å². The average molecular weight is 404 g/mol. The molecule has 0 aliphatic carbocycles. The highest BCUT2D eigenvalue weighted by Gasteiger charge is 2.31. The lowest BCUT2D eigenvalue weighted by atomic mass is 10.1. The van der Waals surface area contributed by atoms with E-state index in [1.54, 1.807) is 6.07 Å². The topological polar surface area (TPSA) is 56.4 Å². The third-order valence-corrected chi connectivity index (χ3v) is 5.96. The summed E-state index contributed by atoms with van der Waals surface area (Å²) in [5.74, 6) is 1.68. The molecule has 0 saturated carbocycles. The fourth-order valence-electron chi connectivity index (χ4n) is 3.86. The number of rotatable bonds is 5. The van der Waals surface area contributed by atoms with Crippen LogP contribution in [0, 0.1) is 0 Å². The second-order valence-electron chi connectivity index (χ2n) is 7.46. The molecule has 1 amide bonds. The van der Waals surface area contributed by atoms with Gasteiger partial charge in [-0.05, 0) is 37.3 Å². The minimum atomic E-state index is -0.108. The van der Waals surface area contributed by atoms with Crippen molar-refractivity contribution in [2.45, 2.75) is 19.5 Å². The lowest BCUT2D eigenvalue weighted by molar-refractivity contribution is -1.02. The van der Waals surface area contributed by atoms with Crippen LogP contribution in [0.1, 0.15) is 12.5 Å². The number of fused-ring (bicyclic) bond motifs is 1. The maximum atomic E-state index is 12.6. The third-order valence-electron chi connectivity index (χ3n) is 5.63. The van der Waals surface area contributed by atoms with Gasteiger partial charge in [-0.25, -0.2) is 0 Å². The monoisotopic (exact) mass is 403 g/mol. The van der Waals surface area contributed by atoms with Crippen LogP contribution in [-0.2, 0) is 11.3 Å². The van der Waals surface area contributed by atoms with Crippen molar-refractivity contribution in [3.05, 3.63) is 53.1 Å². The zero-order chi connectivity index (χ0) is 19.5. The molecular weight excluding hydrogens is 378 g/mol. The van der Waals surface area contributed by atoms with Crippen LogP contribution in [-0.4, -0.2) is 44.9 Å². The number of carbonyl (C=O) groups is 1. The van der Waals surface area contributed by atoms with Gasteiger partial charge in [-0.3, -0.25) is 4.79 Å². The standard InChI is InChI=1S/C21H24ClN3O3/c1-15(21(26)23-18-5-3-2-4-17(18)22)25-10-8-24(9-11-25)13-16-6-7-19-20(12-16)28-14-27-19/h2-7,12,15H,8-11,13-14H2,1H3,(H,23,26)/p+2/t15-/m1/s1. The summed E-state index contributed by atoms with van der Waals surface area (Å²) in [4.78, 5) is 15.5. The van der Waals surface area contributed by atoms with Gasteiger partial charge in [0.2, 0.25) is 6.79 Å². The zero-order valence-corrected chi connectivity index (χ0v) is 16.7. The number of anilines is 1. The summed E-state index contributed by atoms with van der Waals surface area (Å²) < 4.78 is 10.8. The van der Waals surface area contributed by atoms with E-state index < -0.39 is 0 Å². The fraction of sp³-hybridized carbons (Fsp3) is 0.381. The van der Waals surface area contributed by atoms with Gasteiger partial charge in [0.05, 0.1) is 10.7 Å². The van der Waals surface area contributed by atoms with Gasteiger partial charge in [0.1, 0.15) is 32.7 Å². The number of carbonyl (C=O) groups excluding carboxylic acids is 1. The molecule has 28 heavy (non-hydrogen) atoms. The van der Waals surface area contributed by atoms with Crippen molar-refractivity contribution in [1.82, 2.24) is 0 Å². The number of para-hydroxylation sites is 1. The molecule has 0 bridgehead atoms. The predicted molar refractivity (Wildman–Crippen MR) is 107 cm³/mol. The molecule has 2 aromatic rings. The van der Waals surface area contributed by atoms with Gasteiger partial charge in [0.25, 0.3) is 5.91 Å². The molecule has 0 spiro atoms. The minimum absolute atomic E-state index is 0.0160. The first-order chi connectivity index (χ1) is 13.6. The summed E-state index contributed by atoms with van der Waals surface area (Å²) >= 11 is 6.15. The third kappa shape index (κ3) is 4.24. The lowest BCUT2D eigenvalue weighted by Crippen LogP contribution is -3.29. The van der Waals surface area contributed by atoms with Crippen molar-refractivity contribution < 1.29 is 24.1 Å². The highest BCUT2D eigenvalue weighted by Crippen LogP contribution is 2.32.